The Morgan fingerprint density at radius 1 is 0.612 bits per heavy atom. The SMILES string of the molecule is Cc1cc(C#N)ccc1CNC(=O)OCc1ccccc1.Cc1cc(CNC(=O)OC(C)(C)C)ccc1CNC(=O)OCc1ccccc1. The molecule has 0 saturated heterocycles. The van der Waals surface area contributed by atoms with Crippen molar-refractivity contribution in [1.82, 2.24) is 16.0 Å². The van der Waals surface area contributed by atoms with E-state index in [1.54, 1.807) is 12.1 Å². The monoisotopic (exact) mass is 664 g/mol. The van der Waals surface area contributed by atoms with Crippen LogP contribution in [-0.4, -0.2) is 23.9 Å². The predicted molar refractivity (Wildman–Crippen MR) is 187 cm³/mol. The van der Waals surface area contributed by atoms with Gasteiger partial charge in [0.15, 0.2) is 0 Å². The third kappa shape index (κ3) is 14.6. The fourth-order valence-corrected chi connectivity index (χ4v) is 4.40. The van der Waals surface area contributed by atoms with E-state index in [4.69, 9.17) is 19.5 Å². The largest absolute Gasteiger partial charge is 0.445 e. The number of carbonyl (C=O) groups excluding carboxylic acids is 3. The Balaban J connectivity index is 0.000000276. The van der Waals surface area contributed by atoms with Crippen LogP contribution in [0.5, 0.6) is 0 Å². The Labute approximate surface area is 288 Å². The number of nitrogens with zero attached hydrogens (tertiary/aromatic N) is 1. The maximum absolute atomic E-state index is 11.9. The molecule has 0 radical (unpaired) electrons. The zero-order valence-electron chi connectivity index (χ0n) is 28.7. The molecule has 10 nitrogen and oxygen atoms in total. The third-order valence-electron chi connectivity index (χ3n) is 6.99. The molecular weight excluding hydrogens is 620 g/mol. The highest BCUT2D eigenvalue weighted by Crippen LogP contribution is 2.13. The van der Waals surface area contributed by atoms with Crippen LogP contribution in [0.1, 0.15) is 65.3 Å². The number of ether oxygens (including phenoxy) is 3. The van der Waals surface area contributed by atoms with Gasteiger partial charge in [0.25, 0.3) is 0 Å². The highest BCUT2D eigenvalue weighted by atomic mass is 16.6. The molecule has 0 aliphatic heterocycles. The van der Waals surface area contributed by atoms with Gasteiger partial charge >= 0.3 is 18.3 Å². The molecule has 4 aromatic rings. The van der Waals surface area contributed by atoms with Gasteiger partial charge in [-0.05, 0) is 85.7 Å². The van der Waals surface area contributed by atoms with Crippen molar-refractivity contribution in [3.05, 3.63) is 142 Å². The summed E-state index contributed by atoms with van der Waals surface area (Å²) in [6, 6.07) is 32.3. The molecule has 0 unspecified atom stereocenters. The molecule has 4 rings (SSSR count). The molecular formula is C39H44N4O6. The number of hydrogen-bond acceptors (Lipinski definition) is 7. The fraction of sp³-hybridized carbons (Fsp3) is 0.282. The number of benzene rings is 4. The Kier molecular flexibility index (Phi) is 14.7. The summed E-state index contributed by atoms with van der Waals surface area (Å²) in [6.45, 7) is 11.0. The fourth-order valence-electron chi connectivity index (χ4n) is 4.40. The van der Waals surface area contributed by atoms with Gasteiger partial charge in [-0.25, -0.2) is 14.4 Å². The Morgan fingerprint density at radius 2 is 1.08 bits per heavy atom. The summed E-state index contributed by atoms with van der Waals surface area (Å²) in [5.74, 6) is 0. The van der Waals surface area contributed by atoms with Crippen molar-refractivity contribution in [2.24, 2.45) is 0 Å². The lowest BCUT2D eigenvalue weighted by molar-refractivity contribution is 0.0523. The van der Waals surface area contributed by atoms with Crippen LogP contribution >= 0.6 is 0 Å². The highest BCUT2D eigenvalue weighted by molar-refractivity contribution is 5.68. The Morgan fingerprint density at radius 3 is 1.53 bits per heavy atom. The van der Waals surface area contributed by atoms with E-state index in [1.165, 1.54) is 0 Å². The van der Waals surface area contributed by atoms with Gasteiger partial charge < -0.3 is 30.2 Å². The quantitative estimate of drug-likeness (QED) is 0.147. The van der Waals surface area contributed by atoms with Crippen LogP contribution in [0.2, 0.25) is 0 Å². The summed E-state index contributed by atoms with van der Waals surface area (Å²) >= 11 is 0. The number of aryl methyl sites for hydroxylation is 2. The molecule has 10 heteroatoms. The molecule has 4 aromatic carbocycles. The Hall–Kier alpha value is -5.82. The molecule has 3 amide bonds. The molecule has 0 fully saturated rings. The first-order valence-corrected chi connectivity index (χ1v) is 15.9. The Bertz CT molecular complexity index is 1710. The summed E-state index contributed by atoms with van der Waals surface area (Å²) in [6.07, 6.45) is -1.36. The van der Waals surface area contributed by atoms with E-state index in [9.17, 15) is 14.4 Å². The van der Waals surface area contributed by atoms with E-state index in [1.807, 2.05) is 120 Å². The second-order valence-corrected chi connectivity index (χ2v) is 12.2. The van der Waals surface area contributed by atoms with Gasteiger partial charge in [-0.15, -0.1) is 0 Å². The highest BCUT2D eigenvalue weighted by Gasteiger charge is 2.16. The number of carbonyl (C=O) groups is 3. The summed E-state index contributed by atoms with van der Waals surface area (Å²) < 4.78 is 15.6. The maximum Gasteiger partial charge on any atom is 0.407 e. The zero-order valence-corrected chi connectivity index (χ0v) is 28.7. The number of rotatable bonds is 10. The van der Waals surface area contributed by atoms with Crippen LogP contribution in [-0.2, 0) is 47.1 Å². The first kappa shape index (κ1) is 37.6. The van der Waals surface area contributed by atoms with Crippen LogP contribution in [0.3, 0.4) is 0 Å². The van der Waals surface area contributed by atoms with E-state index >= 15 is 0 Å². The first-order valence-electron chi connectivity index (χ1n) is 15.9. The van der Waals surface area contributed by atoms with Gasteiger partial charge in [-0.1, -0.05) is 84.9 Å². The van der Waals surface area contributed by atoms with Gasteiger partial charge in [-0.2, -0.15) is 5.26 Å². The van der Waals surface area contributed by atoms with Crippen LogP contribution in [0.25, 0.3) is 0 Å². The third-order valence-corrected chi connectivity index (χ3v) is 6.99. The second kappa shape index (κ2) is 19.1. The summed E-state index contributed by atoms with van der Waals surface area (Å²) in [4.78, 5) is 35.2. The van der Waals surface area contributed by atoms with Gasteiger partial charge in [0, 0.05) is 19.6 Å². The minimum absolute atomic E-state index is 0.237. The average molecular weight is 665 g/mol. The molecule has 0 heterocycles. The van der Waals surface area contributed by atoms with Crippen LogP contribution in [0, 0.1) is 25.2 Å². The van der Waals surface area contributed by atoms with E-state index in [2.05, 4.69) is 22.0 Å². The molecule has 0 aliphatic carbocycles. The molecule has 0 saturated carbocycles. The number of amides is 3. The molecule has 0 bridgehead atoms. The first-order chi connectivity index (χ1) is 23.4. The normalized spacial score (nSPS) is 10.4. The van der Waals surface area contributed by atoms with Crippen molar-refractivity contribution < 1.29 is 28.6 Å². The van der Waals surface area contributed by atoms with Gasteiger partial charge in [0.05, 0.1) is 11.6 Å². The number of alkyl carbamates (subject to hydrolysis) is 3. The van der Waals surface area contributed by atoms with E-state index < -0.39 is 23.9 Å². The van der Waals surface area contributed by atoms with Gasteiger partial charge in [0.1, 0.15) is 18.8 Å². The van der Waals surface area contributed by atoms with E-state index in [0.717, 1.165) is 38.9 Å². The minimum Gasteiger partial charge on any atom is -0.445 e. The number of nitrogens with one attached hydrogen (secondary N) is 3. The lowest BCUT2D eigenvalue weighted by Crippen LogP contribution is -2.32. The lowest BCUT2D eigenvalue weighted by Gasteiger charge is -2.19. The van der Waals surface area contributed by atoms with Crippen molar-refractivity contribution >= 4 is 18.3 Å². The number of hydrogen-bond donors (Lipinski definition) is 3. The maximum atomic E-state index is 11.9. The van der Waals surface area contributed by atoms with Crippen molar-refractivity contribution in [2.45, 2.75) is 73.1 Å². The molecule has 0 aliphatic rings. The molecule has 0 atom stereocenters. The van der Waals surface area contributed by atoms with Crippen LogP contribution in [0.4, 0.5) is 14.4 Å². The smallest absolute Gasteiger partial charge is 0.407 e. The van der Waals surface area contributed by atoms with Crippen molar-refractivity contribution in [2.75, 3.05) is 0 Å². The van der Waals surface area contributed by atoms with Crippen LogP contribution < -0.4 is 16.0 Å². The molecule has 0 spiro atoms. The molecule has 3 N–H and O–H groups in total. The second-order valence-electron chi connectivity index (χ2n) is 12.2. The summed E-state index contributed by atoms with van der Waals surface area (Å²) in [7, 11) is 0. The average Bonchev–Trinajstić information content (AvgIpc) is 3.08. The topological polar surface area (TPSA) is 139 Å². The van der Waals surface area contributed by atoms with Gasteiger partial charge in [-0.3, -0.25) is 0 Å². The zero-order chi connectivity index (χ0) is 35.6. The van der Waals surface area contributed by atoms with Crippen molar-refractivity contribution in [1.29, 1.82) is 5.26 Å². The van der Waals surface area contributed by atoms with Crippen LogP contribution in [0.15, 0.2) is 97.1 Å². The van der Waals surface area contributed by atoms with Crippen molar-refractivity contribution in [3.63, 3.8) is 0 Å². The standard InChI is InChI=1S/C22H28N2O4.C17H16N2O2/c1-16-12-18(13-23-21(26)28-22(2,3)4)10-11-19(16)14-24-20(25)27-15-17-8-6-5-7-9-17;1-13-9-15(10-18)7-8-16(13)11-19-17(20)21-12-14-5-3-2-4-6-14/h5-12H,13-15H2,1-4H3,(H,23,26)(H,24,25);2-9H,11-12H2,1H3,(H,19,20). The van der Waals surface area contributed by atoms with E-state index in [0.29, 0.717) is 25.2 Å². The van der Waals surface area contributed by atoms with E-state index in [-0.39, 0.29) is 13.2 Å². The molecule has 256 valence electrons. The molecule has 49 heavy (non-hydrogen) atoms. The van der Waals surface area contributed by atoms with Crippen molar-refractivity contribution in [3.8, 4) is 6.07 Å². The number of nitriles is 1. The summed E-state index contributed by atoms with van der Waals surface area (Å²) in [5, 5.41) is 17.0. The molecule has 0 aromatic heterocycles. The predicted octanol–water partition coefficient (Wildman–Crippen LogP) is 7.74. The minimum atomic E-state index is -0.523. The summed E-state index contributed by atoms with van der Waals surface area (Å²) in [5.41, 5.74) is 6.87. The lowest BCUT2D eigenvalue weighted by atomic mass is 10.1. The van der Waals surface area contributed by atoms with Gasteiger partial charge in [0.2, 0.25) is 0 Å².